The average molecular weight is 488 g/mol. The highest BCUT2D eigenvalue weighted by atomic mass is 16.5. The van der Waals surface area contributed by atoms with Gasteiger partial charge in [-0.3, -0.25) is 19.2 Å². The zero-order chi connectivity index (χ0) is 25.5. The molecule has 0 saturated carbocycles. The molecular formula is C31H21NO5. The van der Waals surface area contributed by atoms with Crippen molar-refractivity contribution in [1.82, 2.24) is 0 Å². The van der Waals surface area contributed by atoms with E-state index in [1.54, 1.807) is 36.4 Å². The lowest BCUT2D eigenvalue weighted by Gasteiger charge is -2.27. The van der Waals surface area contributed by atoms with E-state index in [1.807, 2.05) is 61.5 Å². The van der Waals surface area contributed by atoms with E-state index in [0.717, 1.165) is 21.2 Å². The molecule has 2 heterocycles. The number of Topliss-reactive ketones (excluding diaryl/α,β-unsaturated/α-hetero) is 2. The molecule has 1 aliphatic carbocycles. The number of benzene rings is 4. The van der Waals surface area contributed by atoms with Gasteiger partial charge in [-0.05, 0) is 23.9 Å². The number of amides is 2. The summed E-state index contributed by atoms with van der Waals surface area (Å²) in [6.07, 6.45) is -0.927. The first-order valence-electron chi connectivity index (χ1n) is 12.2. The number of hydrogen-bond donors (Lipinski definition) is 0. The monoisotopic (exact) mass is 487 g/mol. The molecule has 0 bridgehead atoms. The van der Waals surface area contributed by atoms with Crippen molar-refractivity contribution in [3.8, 4) is 0 Å². The maximum absolute atomic E-state index is 14.2. The van der Waals surface area contributed by atoms with Crippen LogP contribution in [-0.2, 0) is 14.3 Å². The Kier molecular flexibility index (Phi) is 4.45. The summed E-state index contributed by atoms with van der Waals surface area (Å²) in [7, 11) is 0. The molecule has 180 valence electrons. The van der Waals surface area contributed by atoms with Gasteiger partial charge in [-0.25, -0.2) is 4.90 Å². The van der Waals surface area contributed by atoms with Crippen molar-refractivity contribution in [3.63, 3.8) is 0 Å². The topological polar surface area (TPSA) is 80.8 Å². The van der Waals surface area contributed by atoms with E-state index in [4.69, 9.17) is 4.74 Å². The van der Waals surface area contributed by atoms with E-state index in [1.165, 1.54) is 0 Å². The van der Waals surface area contributed by atoms with Crippen molar-refractivity contribution >= 4 is 39.8 Å². The Morgan fingerprint density at radius 3 is 2.11 bits per heavy atom. The summed E-state index contributed by atoms with van der Waals surface area (Å²) < 4.78 is 6.37. The van der Waals surface area contributed by atoms with Crippen LogP contribution in [0.1, 0.15) is 37.9 Å². The second kappa shape index (κ2) is 7.54. The summed E-state index contributed by atoms with van der Waals surface area (Å²) in [6, 6.07) is 26.9. The number of carbonyl (C=O) groups excluding carboxylic acids is 4. The molecule has 0 unspecified atom stereocenters. The number of anilines is 1. The highest BCUT2D eigenvalue weighted by Gasteiger charge is 2.74. The lowest BCUT2D eigenvalue weighted by atomic mass is 9.77. The predicted molar refractivity (Wildman–Crippen MR) is 136 cm³/mol. The Balaban J connectivity index is 1.45. The third kappa shape index (κ3) is 2.73. The van der Waals surface area contributed by atoms with Gasteiger partial charge in [0.05, 0.1) is 23.6 Å². The molecule has 4 aromatic rings. The van der Waals surface area contributed by atoms with Gasteiger partial charge in [0.2, 0.25) is 29.0 Å². The lowest BCUT2D eigenvalue weighted by Crippen LogP contribution is -2.51. The molecule has 2 fully saturated rings. The standard InChI is InChI=1S/C31H21NO5/c1-17-8-6-11-19(16-17)26-24-25(31(37-26)27(33)21-13-4-5-14-22(21)28(31)34)30(36)32(29(24)35)23-15-7-10-18-9-2-3-12-20(18)23/h2-16,24-26H,1H3/t24-,25-,26+/m1/s1. The van der Waals surface area contributed by atoms with Gasteiger partial charge in [0.15, 0.2) is 0 Å². The highest BCUT2D eigenvalue weighted by Crippen LogP contribution is 2.58. The summed E-state index contributed by atoms with van der Waals surface area (Å²) >= 11 is 0. The van der Waals surface area contributed by atoms with Crippen LogP contribution in [0, 0.1) is 18.8 Å². The maximum atomic E-state index is 14.2. The SMILES string of the molecule is Cc1cccc([C@@H]2OC3(C(=O)c4ccccc4C3=O)[C@H]3C(=O)N(c4cccc5ccccc45)C(=O)[C@@H]23)c1. The van der Waals surface area contributed by atoms with Crippen LogP contribution in [0.2, 0.25) is 0 Å². The van der Waals surface area contributed by atoms with Gasteiger partial charge in [0, 0.05) is 16.5 Å². The summed E-state index contributed by atoms with van der Waals surface area (Å²) in [6.45, 7) is 1.91. The first kappa shape index (κ1) is 21.8. The van der Waals surface area contributed by atoms with E-state index >= 15 is 0 Å². The molecule has 4 aromatic carbocycles. The number of fused-ring (bicyclic) bond motifs is 4. The predicted octanol–water partition coefficient (Wildman–Crippen LogP) is 4.84. The molecule has 7 rings (SSSR count). The minimum absolute atomic E-state index is 0.222. The molecule has 37 heavy (non-hydrogen) atoms. The molecule has 0 N–H and O–H groups in total. The Labute approximate surface area is 212 Å². The largest absolute Gasteiger partial charge is 0.349 e. The van der Waals surface area contributed by atoms with E-state index in [-0.39, 0.29) is 11.1 Å². The third-order valence-electron chi connectivity index (χ3n) is 7.90. The molecule has 2 amide bonds. The number of rotatable bonds is 2. The van der Waals surface area contributed by atoms with E-state index in [0.29, 0.717) is 11.3 Å². The van der Waals surface area contributed by atoms with Gasteiger partial charge in [-0.1, -0.05) is 90.5 Å². The van der Waals surface area contributed by atoms with Gasteiger partial charge in [0.25, 0.3) is 0 Å². The van der Waals surface area contributed by atoms with Crippen molar-refractivity contribution in [3.05, 3.63) is 113 Å². The van der Waals surface area contributed by atoms with Gasteiger partial charge >= 0.3 is 0 Å². The van der Waals surface area contributed by atoms with Crippen LogP contribution in [0.15, 0.2) is 91.0 Å². The van der Waals surface area contributed by atoms with E-state index in [2.05, 4.69) is 0 Å². The number of hydrogen-bond acceptors (Lipinski definition) is 5. The van der Waals surface area contributed by atoms with Crippen molar-refractivity contribution in [2.24, 2.45) is 11.8 Å². The van der Waals surface area contributed by atoms with Crippen LogP contribution in [0.3, 0.4) is 0 Å². The fraction of sp³-hybridized carbons (Fsp3) is 0.161. The summed E-state index contributed by atoms with van der Waals surface area (Å²) in [5.41, 5.74) is 0.406. The summed E-state index contributed by atoms with van der Waals surface area (Å²) in [4.78, 5) is 57.3. The van der Waals surface area contributed by atoms with Crippen LogP contribution >= 0.6 is 0 Å². The Morgan fingerprint density at radius 2 is 1.38 bits per heavy atom. The number of ketones is 2. The van der Waals surface area contributed by atoms with Crippen molar-refractivity contribution in [2.45, 2.75) is 18.6 Å². The number of nitrogens with zero attached hydrogens (tertiary/aromatic N) is 1. The molecule has 6 nitrogen and oxygen atoms in total. The third-order valence-corrected chi connectivity index (χ3v) is 7.90. The lowest BCUT2D eigenvalue weighted by molar-refractivity contribution is -0.127. The fourth-order valence-electron chi connectivity index (χ4n) is 6.31. The number of carbonyl (C=O) groups is 4. The van der Waals surface area contributed by atoms with Crippen LogP contribution in [0.5, 0.6) is 0 Å². The first-order chi connectivity index (χ1) is 17.9. The van der Waals surface area contributed by atoms with Crippen LogP contribution in [0.4, 0.5) is 5.69 Å². The average Bonchev–Trinajstić information content (AvgIpc) is 3.48. The Morgan fingerprint density at radius 1 is 0.730 bits per heavy atom. The normalized spacial score (nSPS) is 23.8. The smallest absolute Gasteiger partial charge is 0.241 e. The molecule has 3 atom stereocenters. The Bertz CT molecular complexity index is 1650. The van der Waals surface area contributed by atoms with E-state index in [9.17, 15) is 19.2 Å². The minimum Gasteiger partial charge on any atom is -0.349 e. The van der Waals surface area contributed by atoms with Crippen molar-refractivity contribution in [2.75, 3.05) is 4.90 Å². The van der Waals surface area contributed by atoms with Crippen molar-refractivity contribution in [1.29, 1.82) is 0 Å². The van der Waals surface area contributed by atoms with Gasteiger partial charge < -0.3 is 4.74 Å². The molecule has 1 spiro atoms. The Hall–Kier alpha value is -4.42. The van der Waals surface area contributed by atoms with Crippen LogP contribution in [-0.4, -0.2) is 29.0 Å². The number of ether oxygens (including phenoxy) is 1. The molecular weight excluding hydrogens is 466 g/mol. The molecule has 6 heteroatoms. The molecule has 2 saturated heterocycles. The van der Waals surface area contributed by atoms with Gasteiger partial charge in [0.1, 0.15) is 0 Å². The quantitative estimate of drug-likeness (QED) is 0.299. The molecule has 3 aliphatic rings. The van der Waals surface area contributed by atoms with Crippen LogP contribution < -0.4 is 4.90 Å². The second-order valence-electron chi connectivity index (χ2n) is 9.91. The van der Waals surface area contributed by atoms with Gasteiger partial charge in [-0.15, -0.1) is 0 Å². The number of imide groups is 1. The molecule has 0 radical (unpaired) electrons. The zero-order valence-corrected chi connectivity index (χ0v) is 19.9. The minimum atomic E-state index is -2.07. The van der Waals surface area contributed by atoms with E-state index < -0.39 is 46.9 Å². The summed E-state index contributed by atoms with van der Waals surface area (Å²) in [5, 5.41) is 1.61. The van der Waals surface area contributed by atoms with Crippen LogP contribution in [0.25, 0.3) is 10.8 Å². The first-order valence-corrected chi connectivity index (χ1v) is 12.2. The highest BCUT2D eigenvalue weighted by molar-refractivity contribution is 6.37. The second-order valence-corrected chi connectivity index (χ2v) is 9.91. The van der Waals surface area contributed by atoms with Crippen molar-refractivity contribution < 1.29 is 23.9 Å². The molecule has 2 aliphatic heterocycles. The summed E-state index contributed by atoms with van der Waals surface area (Å²) in [5.74, 6) is -4.45. The fourth-order valence-corrected chi connectivity index (χ4v) is 6.31. The maximum Gasteiger partial charge on any atom is 0.241 e. The number of aryl methyl sites for hydroxylation is 1. The van der Waals surface area contributed by atoms with Gasteiger partial charge in [-0.2, -0.15) is 0 Å². The molecule has 0 aromatic heterocycles. The zero-order valence-electron chi connectivity index (χ0n) is 19.9.